The maximum Gasteiger partial charge on any atom is 0.251 e. The number of aromatic nitrogens is 2. The molecule has 0 saturated heterocycles. The molecular formula is C20H19N3O2. The highest BCUT2D eigenvalue weighted by Crippen LogP contribution is 2.21. The average molecular weight is 333 g/mol. The molecule has 5 nitrogen and oxygen atoms in total. The molecule has 25 heavy (non-hydrogen) atoms. The van der Waals surface area contributed by atoms with Gasteiger partial charge in [-0.2, -0.15) is 0 Å². The minimum Gasteiger partial charge on any atom is -0.497 e. The molecule has 0 unspecified atom stereocenters. The van der Waals surface area contributed by atoms with Gasteiger partial charge in [-0.1, -0.05) is 30.3 Å². The summed E-state index contributed by atoms with van der Waals surface area (Å²) in [5.74, 6) is 0.529. The smallest absolute Gasteiger partial charge is 0.251 e. The van der Waals surface area contributed by atoms with Gasteiger partial charge in [0.15, 0.2) is 0 Å². The van der Waals surface area contributed by atoms with Crippen molar-refractivity contribution >= 4 is 5.91 Å². The molecule has 2 aromatic carbocycles. The Morgan fingerprint density at radius 2 is 1.76 bits per heavy atom. The number of carbonyl (C=O) groups excluding carboxylic acids is 1. The standard InChI is InChI=1S/C20H19N3O2/c1-14(23-20(24)17-4-3-5-19(10-17)25-2)15-6-8-16(9-7-15)18-11-21-13-22-12-18/h3-14H,1-2H3,(H,23,24)/t14-/m0/s1. The second-order valence-electron chi connectivity index (χ2n) is 5.68. The molecule has 3 aromatic rings. The summed E-state index contributed by atoms with van der Waals surface area (Å²) in [6.45, 7) is 1.96. The fourth-order valence-corrected chi connectivity index (χ4v) is 2.54. The Kier molecular flexibility index (Phi) is 5.04. The van der Waals surface area contributed by atoms with Crippen LogP contribution in [0.4, 0.5) is 0 Å². The monoisotopic (exact) mass is 333 g/mol. The third-order valence-electron chi connectivity index (χ3n) is 3.98. The number of ether oxygens (including phenoxy) is 1. The second-order valence-corrected chi connectivity index (χ2v) is 5.68. The fourth-order valence-electron chi connectivity index (χ4n) is 2.54. The van der Waals surface area contributed by atoms with E-state index in [2.05, 4.69) is 15.3 Å². The van der Waals surface area contributed by atoms with Crippen LogP contribution in [0.15, 0.2) is 67.3 Å². The molecule has 126 valence electrons. The minimum absolute atomic E-state index is 0.111. The Morgan fingerprint density at radius 3 is 2.44 bits per heavy atom. The Hall–Kier alpha value is -3.21. The van der Waals surface area contributed by atoms with Crippen molar-refractivity contribution in [1.82, 2.24) is 15.3 Å². The van der Waals surface area contributed by atoms with Crippen LogP contribution in [0.2, 0.25) is 0 Å². The maximum atomic E-state index is 12.4. The van der Waals surface area contributed by atoms with Crippen LogP contribution < -0.4 is 10.1 Å². The summed E-state index contributed by atoms with van der Waals surface area (Å²) >= 11 is 0. The number of methoxy groups -OCH3 is 1. The molecule has 3 rings (SSSR count). The fraction of sp³-hybridized carbons (Fsp3) is 0.150. The summed E-state index contributed by atoms with van der Waals surface area (Å²) in [4.78, 5) is 20.5. The molecule has 5 heteroatoms. The predicted molar refractivity (Wildman–Crippen MR) is 96.3 cm³/mol. The van der Waals surface area contributed by atoms with E-state index >= 15 is 0 Å². The van der Waals surface area contributed by atoms with Gasteiger partial charge in [0.1, 0.15) is 12.1 Å². The first-order valence-corrected chi connectivity index (χ1v) is 7.97. The molecule has 0 aliphatic carbocycles. The van der Waals surface area contributed by atoms with Crippen LogP contribution in [0.1, 0.15) is 28.9 Å². The van der Waals surface area contributed by atoms with Gasteiger partial charge in [-0.3, -0.25) is 4.79 Å². The number of hydrogen-bond donors (Lipinski definition) is 1. The van der Waals surface area contributed by atoms with Crippen molar-refractivity contribution in [3.05, 3.63) is 78.4 Å². The SMILES string of the molecule is COc1cccc(C(=O)N[C@@H](C)c2ccc(-c3cncnc3)cc2)c1. The lowest BCUT2D eigenvalue weighted by Crippen LogP contribution is -2.26. The van der Waals surface area contributed by atoms with Gasteiger partial charge in [-0.05, 0) is 36.2 Å². The highest BCUT2D eigenvalue weighted by molar-refractivity contribution is 5.94. The van der Waals surface area contributed by atoms with E-state index in [0.717, 1.165) is 16.7 Å². The molecule has 1 heterocycles. The third kappa shape index (κ3) is 4.01. The molecule has 0 aliphatic heterocycles. The molecule has 0 saturated carbocycles. The van der Waals surface area contributed by atoms with E-state index in [1.165, 1.54) is 6.33 Å². The van der Waals surface area contributed by atoms with Gasteiger partial charge in [0.05, 0.1) is 13.2 Å². The first kappa shape index (κ1) is 16.6. The number of amides is 1. The van der Waals surface area contributed by atoms with E-state index in [4.69, 9.17) is 4.74 Å². The molecule has 1 atom stereocenters. The highest BCUT2D eigenvalue weighted by Gasteiger charge is 2.12. The number of carbonyl (C=O) groups is 1. The van der Waals surface area contributed by atoms with Crippen LogP contribution in [0.25, 0.3) is 11.1 Å². The lowest BCUT2D eigenvalue weighted by atomic mass is 10.0. The highest BCUT2D eigenvalue weighted by atomic mass is 16.5. The van der Waals surface area contributed by atoms with Gasteiger partial charge in [0.25, 0.3) is 5.91 Å². The molecule has 1 aromatic heterocycles. The molecule has 1 amide bonds. The van der Waals surface area contributed by atoms with E-state index in [1.807, 2.05) is 37.3 Å². The number of benzene rings is 2. The number of hydrogen-bond acceptors (Lipinski definition) is 4. The Balaban J connectivity index is 1.70. The topological polar surface area (TPSA) is 64.1 Å². The molecule has 0 spiro atoms. The van der Waals surface area contributed by atoms with Crippen LogP contribution >= 0.6 is 0 Å². The van der Waals surface area contributed by atoms with Crippen molar-refractivity contribution in [2.75, 3.05) is 7.11 Å². The van der Waals surface area contributed by atoms with Gasteiger partial charge in [0, 0.05) is 23.5 Å². The zero-order valence-corrected chi connectivity index (χ0v) is 14.1. The summed E-state index contributed by atoms with van der Waals surface area (Å²) in [6, 6.07) is 15.0. The lowest BCUT2D eigenvalue weighted by molar-refractivity contribution is 0.0939. The lowest BCUT2D eigenvalue weighted by Gasteiger charge is -2.15. The van der Waals surface area contributed by atoms with Crippen molar-refractivity contribution in [1.29, 1.82) is 0 Å². The summed E-state index contributed by atoms with van der Waals surface area (Å²) in [6.07, 6.45) is 5.06. The molecule has 0 radical (unpaired) electrons. The summed E-state index contributed by atoms with van der Waals surface area (Å²) in [5.41, 5.74) is 3.60. The van der Waals surface area contributed by atoms with E-state index in [1.54, 1.807) is 37.7 Å². The van der Waals surface area contributed by atoms with Crippen LogP contribution in [-0.4, -0.2) is 23.0 Å². The molecule has 0 fully saturated rings. The van der Waals surface area contributed by atoms with Gasteiger partial charge in [0.2, 0.25) is 0 Å². The number of nitrogens with one attached hydrogen (secondary N) is 1. The van der Waals surface area contributed by atoms with Crippen molar-refractivity contribution in [2.24, 2.45) is 0 Å². The molecule has 1 N–H and O–H groups in total. The summed E-state index contributed by atoms with van der Waals surface area (Å²) < 4.78 is 5.16. The van der Waals surface area contributed by atoms with Crippen molar-refractivity contribution in [2.45, 2.75) is 13.0 Å². The number of rotatable bonds is 5. The molecule has 0 bridgehead atoms. The van der Waals surface area contributed by atoms with E-state index in [-0.39, 0.29) is 11.9 Å². The maximum absolute atomic E-state index is 12.4. The normalized spacial score (nSPS) is 11.6. The van der Waals surface area contributed by atoms with Crippen LogP contribution in [-0.2, 0) is 0 Å². The average Bonchev–Trinajstić information content (AvgIpc) is 2.68. The van der Waals surface area contributed by atoms with Crippen LogP contribution in [0.3, 0.4) is 0 Å². The zero-order valence-electron chi connectivity index (χ0n) is 14.1. The van der Waals surface area contributed by atoms with Gasteiger partial charge < -0.3 is 10.1 Å². The summed E-state index contributed by atoms with van der Waals surface area (Å²) in [5, 5.41) is 3.00. The van der Waals surface area contributed by atoms with Gasteiger partial charge >= 0.3 is 0 Å². The van der Waals surface area contributed by atoms with E-state index in [9.17, 15) is 4.79 Å². The van der Waals surface area contributed by atoms with Crippen molar-refractivity contribution in [3.63, 3.8) is 0 Å². The largest absolute Gasteiger partial charge is 0.497 e. The Bertz CT molecular complexity index is 848. The minimum atomic E-state index is -0.132. The van der Waals surface area contributed by atoms with Crippen molar-refractivity contribution < 1.29 is 9.53 Å². The Labute approximate surface area is 146 Å². The predicted octanol–water partition coefficient (Wildman–Crippen LogP) is 3.64. The second kappa shape index (κ2) is 7.57. The molecular weight excluding hydrogens is 314 g/mol. The van der Waals surface area contributed by atoms with Gasteiger partial charge in [-0.15, -0.1) is 0 Å². The van der Waals surface area contributed by atoms with E-state index < -0.39 is 0 Å². The molecule has 0 aliphatic rings. The van der Waals surface area contributed by atoms with Crippen LogP contribution in [0.5, 0.6) is 5.75 Å². The first-order valence-electron chi connectivity index (χ1n) is 7.97. The zero-order chi connectivity index (χ0) is 17.6. The van der Waals surface area contributed by atoms with Gasteiger partial charge in [-0.25, -0.2) is 9.97 Å². The third-order valence-corrected chi connectivity index (χ3v) is 3.98. The quantitative estimate of drug-likeness (QED) is 0.774. The number of nitrogens with zero attached hydrogens (tertiary/aromatic N) is 2. The summed E-state index contributed by atoms with van der Waals surface area (Å²) in [7, 11) is 1.58. The Morgan fingerprint density at radius 1 is 1.04 bits per heavy atom. The van der Waals surface area contributed by atoms with Crippen molar-refractivity contribution in [3.8, 4) is 16.9 Å². The van der Waals surface area contributed by atoms with Crippen LogP contribution in [0, 0.1) is 0 Å². The van der Waals surface area contributed by atoms with E-state index in [0.29, 0.717) is 11.3 Å². The first-order chi connectivity index (χ1) is 12.2.